The number of aromatic nitrogens is 1. The molecule has 2 heterocycles. The number of hydrogen-bond acceptors (Lipinski definition) is 3. The summed E-state index contributed by atoms with van der Waals surface area (Å²) in [5.74, 6) is 0.710. The highest BCUT2D eigenvalue weighted by atomic mass is 19.4. The Balaban J connectivity index is 2.20. The molecule has 1 aromatic heterocycles. The molecule has 0 amide bonds. The van der Waals surface area contributed by atoms with Crippen LogP contribution in [0.15, 0.2) is 23.8 Å². The van der Waals surface area contributed by atoms with E-state index in [9.17, 15) is 13.2 Å². The summed E-state index contributed by atoms with van der Waals surface area (Å²) in [6.07, 6.45) is -2.20. The van der Waals surface area contributed by atoms with Crippen LogP contribution < -0.4 is 10.6 Å². The Hall–Kier alpha value is -1.56. The maximum Gasteiger partial charge on any atom is 0.412 e. The Labute approximate surface area is 116 Å². The minimum absolute atomic E-state index is 0.000505. The van der Waals surface area contributed by atoms with Crippen molar-refractivity contribution in [3.8, 4) is 0 Å². The van der Waals surface area contributed by atoms with Crippen LogP contribution >= 0.6 is 0 Å². The van der Waals surface area contributed by atoms with Gasteiger partial charge in [0.05, 0.1) is 0 Å². The first-order valence-electron chi connectivity index (χ1n) is 6.65. The predicted molar refractivity (Wildman–Crippen MR) is 72.5 cm³/mol. The lowest BCUT2D eigenvalue weighted by Crippen LogP contribution is -2.32. The second-order valence-corrected chi connectivity index (χ2v) is 4.81. The van der Waals surface area contributed by atoms with Crippen LogP contribution in [0.25, 0.3) is 0 Å². The molecule has 0 bridgehead atoms. The van der Waals surface area contributed by atoms with E-state index in [-0.39, 0.29) is 13.0 Å². The van der Waals surface area contributed by atoms with Gasteiger partial charge in [-0.3, -0.25) is 0 Å². The van der Waals surface area contributed by atoms with Crippen molar-refractivity contribution in [3.63, 3.8) is 0 Å². The molecule has 1 aromatic rings. The van der Waals surface area contributed by atoms with E-state index in [0.29, 0.717) is 18.9 Å². The van der Waals surface area contributed by atoms with E-state index in [1.54, 1.807) is 0 Å². The SMILES string of the molecule is CCc1cc(CN)cc(N2CC=C(C(F)(F)F)CC2)n1. The van der Waals surface area contributed by atoms with Crippen LogP contribution in [0.1, 0.15) is 24.6 Å². The molecule has 0 atom stereocenters. The van der Waals surface area contributed by atoms with Gasteiger partial charge >= 0.3 is 6.18 Å². The number of anilines is 1. The summed E-state index contributed by atoms with van der Waals surface area (Å²) in [5, 5.41) is 0. The maximum absolute atomic E-state index is 12.6. The normalized spacial score (nSPS) is 16.2. The molecule has 0 spiro atoms. The van der Waals surface area contributed by atoms with Gasteiger partial charge in [0.25, 0.3) is 0 Å². The Morgan fingerprint density at radius 3 is 2.60 bits per heavy atom. The molecule has 0 aromatic carbocycles. The molecule has 0 radical (unpaired) electrons. The molecular weight excluding hydrogens is 267 g/mol. The number of pyridine rings is 1. The number of alkyl halides is 3. The van der Waals surface area contributed by atoms with Crippen molar-refractivity contribution in [1.82, 2.24) is 4.98 Å². The highest BCUT2D eigenvalue weighted by Crippen LogP contribution is 2.31. The molecule has 0 saturated carbocycles. The van der Waals surface area contributed by atoms with Crippen molar-refractivity contribution in [2.75, 3.05) is 18.0 Å². The molecule has 2 N–H and O–H groups in total. The summed E-state index contributed by atoms with van der Waals surface area (Å²) in [6.45, 7) is 2.96. The van der Waals surface area contributed by atoms with Crippen LogP contribution in [0, 0.1) is 0 Å². The molecule has 0 unspecified atom stereocenters. The monoisotopic (exact) mass is 285 g/mol. The lowest BCUT2D eigenvalue weighted by molar-refractivity contribution is -0.0944. The van der Waals surface area contributed by atoms with Crippen LogP contribution in [0.2, 0.25) is 0 Å². The average molecular weight is 285 g/mol. The van der Waals surface area contributed by atoms with Crippen LogP contribution in [0.3, 0.4) is 0 Å². The van der Waals surface area contributed by atoms with E-state index >= 15 is 0 Å². The van der Waals surface area contributed by atoms with Crippen molar-refractivity contribution < 1.29 is 13.2 Å². The van der Waals surface area contributed by atoms with E-state index in [1.165, 1.54) is 6.08 Å². The molecule has 1 aliphatic rings. The zero-order valence-electron chi connectivity index (χ0n) is 11.4. The Morgan fingerprint density at radius 2 is 2.10 bits per heavy atom. The Kier molecular flexibility index (Phi) is 4.32. The Bertz CT molecular complexity index is 487. The van der Waals surface area contributed by atoms with Gasteiger partial charge in [0.15, 0.2) is 0 Å². The maximum atomic E-state index is 12.6. The highest BCUT2D eigenvalue weighted by molar-refractivity contribution is 5.45. The molecule has 3 nitrogen and oxygen atoms in total. The van der Waals surface area contributed by atoms with E-state index in [1.807, 2.05) is 24.0 Å². The van der Waals surface area contributed by atoms with E-state index < -0.39 is 11.7 Å². The van der Waals surface area contributed by atoms with Crippen molar-refractivity contribution in [1.29, 1.82) is 0 Å². The fourth-order valence-electron chi connectivity index (χ4n) is 2.23. The fourth-order valence-corrected chi connectivity index (χ4v) is 2.23. The third-order valence-corrected chi connectivity index (χ3v) is 3.42. The first-order chi connectivity index (χ1) is 9.44. The summed E-state index contributed by atoms with van der Waals surface area (Å²) < 4.78 is 37.8. The van der Waals surface area contributed by atoms with Gasteiger partial charge in [0, 0.05) is 30.9 Å². The molecule has 1 aliphatic heterocycles. The quantitative estimate of drug-likeness (QED) is 0.868. The summed E-state index contributed by atoms with van der Waals surface area (Å²) in [5.41, 5.74) is 7.07. The van der Waals surface area contributed by atoms with Crippen LogP contribution in [-0.2, 0) is 13.0 Å². The molecule has 0 saturated heterocycles. The van der Waals surface area contributed by atoms with E-state index in [0.717, 1.165) is 17.7 Å². The van der Waals surface area contributed by atoms with Crippen molar-refractivity contribution >= 4 is 5.82 Å². The first-order valence-corrected chi connectivity index (χ1v) is 6.65. The van der Waals surface area contributed by atoms with Gasteiger partial charge in [-0.2, -0.15) is 13.2 Å². The lowest BCUT2D eigenvalue weighted by Gasteiger charge is -2.28. The minimum Gasteiger partial charge on any atom is -0.353 e. The van der Waals surface area contributed by atoms with Crippen LogP contribution in [0.5, 0.6) is 0 Å². The average Bonchev–Trinajstić information content (AvgIpc) is 2.46. The molecule has 110 valence electrons. The number of nitrogens with zero attached hydrogens (tertiary/aromatic N) is 2. The molecular formula is C14H18F3N3. The van der Waals surface area contributed by atoms with Crippen molar-refractivity contribution in [3.05, 3.63) is 35.0 Å². The topological polar surface area (TPSA) is 42.1 Å². The summed E-state index contributed by atoms with van der Waals surface area (Å²) in [4.78, 5) is 6.33. The van der Waals surface area contributed by atoms with Gasteiger partial charge in [-0.15, -0.1) is 0 Å². The third kappa shape index (κ3) is 3.30. The van der Waals surface area contributed by atoms with E-state index in [4.69, 9.17) is 5.73 Å². The molecule has 0 aliphatic carbocycles. The fraction of sp³-hybridized carbons (Fsp3) is 0.500. The summed E-state index contributed by atoms with van der Waals surface area (Å²) >= 11 is 0. The second kappa shape index (κ2) is 5.83. The lowest BCUT2D eigenvalue weighted by atomic mass is 10.1. The van der Waals surface area contributed by atoms with Gasteiger partial charge < -0.3 is 10.6 Å². The zero-order chi connectivity index (χ0) is 14.8. The number of nitrogens with two attached hydrogens (primary N) is 1. The van der Waals surface area contributed by atoms with Gasteiger partial charge in [0.1, 0.15) is 5.82 Å². The second-order valence-electron chi connectivity index (χ2n) is 4.81. The molecule has 0 fully saturated rings. The molecule has 20 heavy (non-hydrogen) atoms. The Morgan fingerprint density at radius 1 is 1.35 bits per heavy atom. The molecule has 6 heteroatoms. The summed E-state index contributed by atoms with van der Waals surface area (Å²) in [6, 6.07) is 3.79. The standard InChI is InChI=1S/C14H18F3N3/c1-2-12-7-10(9-18)8-13(19-12)20-5-3-11(4-6-20)14(15,16)17/h3,7-8H,2,4-6,9,18H2,1H3. The van der Waals surface area contributed by atoms with Crippen molar-refractivity contribution in [2.24, 2.45) is 5.73 Å². The predicted octanol–water partition coefficient (Wildman–Crippen LogP) is 2.80. The molecule has 2 rings (SSSR count). The smallest absolute Gasteiger partial charge is 0.353 e. The number of hydrogen-bond donors (Lipinski definition) is 1. The van der Waals surface area contributed by atoms with Crippen molar-refractivity contribution in [2.45, 2.75) is 32.5 Å². The number of aryl methyl sites for hydroxylation is 1. The largest absolute Gasteiger partial charge is 0.412 e. The minimum atomic E-state index is -4.22. The zero-order valence-corrected chi connectivity index (χ0v) is 11.4. The number of rotatable bonds is 3. The van der Waals surface area contributed by atoms with Gasteiger partial charge in [-0.05, 0) is 30.5 Å². The number of halogens is 3. The van der Waals surface area contributed by atoms with Crippen LogP contribution in [0.4, 0.5) is 19.0 Å². The van der Waals surface area contributed by atoms with E-state index in [2.05, 4.69) is 4.98 Å². The van der Waals surface area contributed by atoms with Gasteiger partial charge in [-0.1, -0.05) is 13.0 Å². The van der Waals surface area contributed by atoms with Gasteiger partial charge in [0.2, 0.25) is 0 Å². The van der Waals surface area contributed by atoms with Crippen LogP contribution in [-0.4, -0.2) is 24.2 Å². The third-order valence-electron chi connectivity index (χ3n) is 3.42. The highest BCUT2D eigenvalue weighted by Gasteiger charge is 2.34. The summed E-state index contributed by atoms with van der Waals surface area (Å²) in [7, 11) is 0. The first kappa shape index (κ1) is 14.8. The van der Waals surface area contributed by atoms with Gasteiger partial charge in [-0.25, -0.2) is 4.98 Å².